The molecule has 2 aromatic carbocycles. The Balaban J connectivity index is 0.00000128. The third-order valence-corrected chi connectivity index (χ3v) is 3.45. The summed E-state index contributed by atoms with van der Waals surface area (Å²) in [6.45, 7) is 0. The van der Waals surface area contributed by atoms with Gasteiger partial charge >= 0.3 is 58.2 Å². The van der Waals surface area contributed by atoms with Crippen molar-refractivity contribution in [2.24, 2.45) is 0 Å². The SMILES string of the molecule is [Rb+].c1ccc(C[P-]Cc2ccccc2)cc1. The van der Waals surface area contributed by atoms with Gasteiger partial charge in [-0.25, -0.2) is 0 Å². The van der Waals surface area contributed by atoms with Crippen LogP contribution < -0.4 is 58.2 Å². The minimum absolute atomic E-state index is 0. The van der Waals surface area contributed by atoms with E-state index in [9.17, 15) is 0 Å². The average Bonchev–Trinajstić information content (AvgIpc) is 2.32. The van der Waals surface area contributed by atoms with Crippen LogP contribution in [0.1, 0.15) is 11.1 Å². The summed E-state index contributed by atoms with van der Waals surface area (Å²) in [7, 11) is 1.47. The molecule has 0 aliphatic rings. The summed E-state index contributed by atoms with van der Waals surface area (Å²) >= 11 is 0. The van der Waals surface area contributed by atoms with Crippen LogP contribution >= 0.6 is 8.58 Å². The number of rotatable bonds is 4. The van der Waals surface area contributed by atoms with Crippen molar-refractivity contribution in [2.75, 3.05) is 0 Å². The van der Waals surface area contributed by atoms with E-state index in [0.717, 1.165) is 12.3 Å². The number of hydrogen-bond donors (Lipinski definition) is 0. The quantitative estimate of drug-likeness (QED) is 0.747. The summed E-state index contributed by atoms with van der Waals surface area (Å²) in [5.74, 6) is 0. The molecule has 0 aliphatic heterocycles. The summed E-state index contributed by atoms with van der Waals surface area (Å²) < 4.78 is 0. The third kappa shape index (κ3) is 5.34. The van der Waals surface area contributed by atoms with Crippen LogP contribution in [0.3, 0.4) is 0 Å². The first kappa shape index (κ1) is 14.7. The zero-order valence-corrected chi connectivity index (χ0v) is 15.4. The molecule has 0 saturated carbocycles. The first-order valence-electron chi connectivity index (χ1n) is 5.16. The Hall–Kier alpha value is 0.675. The van der Waals surface area contributed by atoms with E-state index in [1.807, 2.05) is 0 Å². The van der Waals surface area contributed by atoms with Crippen molar-refractivity contribution < 1.29 is 58.2 Å². The van der Waals surface area contributed by atoms with E-state index in [1.54, 1.807) is 0 Å². The normalized spacial score (nSPS) is 9.50. The van der Waals surface area contributed by atoms with E-state index >= 15 is 0 Å². The Morgan fingerprint density at radius 2 is 1.00 bits per heavy atom. The van der Waals surface area contributed by atoms with Crippen LogP contribution in [-0.2, 0) is 12.3 Å². The van der Waals surface area contributed by atoms with Crippen molar-refractivity contribution >= 4 is 8.58 Å². The third-order valence-electron chi connectivity index (χ3n) is 2.27. The van der Waals surface area contributed by atoms with Crippen LogP contribution in [0.4, 0.5) is 0 Å². The maximum Gasteiger partial charge on any atom is 1.00 e. The Morgan fingerprint density at radius 3 is 1.38 bits per heavy atom. The first-order valence-corrected chi connectivity index (χ1v) is 6.43. The molecule has 0 amide bonds. The molecule has 0 fully saturated rings. The molecule has 2 heteroatoms. The second-order valence-electron chi connectivity index (χ2n) is 3.51. The smallest absolute Gasteiger partial charge is 0.530 e. The maximum atomic E-state index is 2.19. The Labute approximate surface area is 148 Å². The Morgan fingerprint density at radius 1 is 0.625 bits per heavy atom. The summed E-state index contributed by atoms with van der Waals surface area (Å²) in [6.07, 6.45) is 2.30. The van der Waals surface area contributed by atoms with Gasteiger partial charge in [0.05, 0.1) is 0 Å². The van der Waals surface area contributed by atoms with Crippen molar-refractivity contribution in [3.8, 4) is 0 Å². The fourth-order valence-corrected chi connectivity index (χ4v) is 2.53. The van der Waals surface area contributed by atoms with Crippen molar-refractivity contribution in [1.82, 2.24) is 0 Å². The molecule has 76 valence electrons. The van der Waals surface area contributed by atoms with Gasteiger partial charge in [0, 0.05) is 0 Å². The van der Waals surface area contributed by atoms with E-state index < -0.39 is 0 Å². The molecule has 0 unspecified atom stereocenters. The molecule has 0 N–H and O–H groups in total. The molecule has 0 spiro atoms. The predicted octanol–water partition coefficient (Wildman–Crippen LogP) is 1.34. The molecule has 0 nitrogen and oxygen atoms in total. The fraction of sp³-hybridized carbons (Fsp3) is 0.143. The molecule has 0 heterocycles. The van der Waals surface area contributed by atoms with Gasteiger partial charge in [0.1, 0.15) is 0 Å². The van der Waals surface area contributed by atoms with Crippen LogP contribution in [0.25, 0.3) is 0 Å². The van der Waals surface area contributed by atoms with Crippen LogP contribution in [-0.4, -0.2) is 0 Å². The van der Waals surface area contributed by atoms with Gasteiger partial charge < -0.3 is 8.58 Å². The minimum atomic E-state index is 0. The van der Waals surface area contributed by atoms with Crippen LogP contribution in [0.15, 0.2) is 60.7 Å². The second kappa shape index (κ2) is 8.72. The van der Waals surface area contributed by atoms with Crippen LogP contribution in [0.2, 0.25) is 0 Å². The van der Waals surface area contributed by atoms with E-state index in [1.165, 1.54) is 19.7 Å². The monoisotopic (exact) mass is 298 g/mol. The average molecular weight is 299 g/mol. The fourth-order valence-electron chi connectivity index (χ4n) is 1.48. The maximum absolute atomic E-state index is 2.19. The molecule has 0 saturated heterocycles. The standard InChI is InChI=1S/C14H14P.Rb/c1-3-7-13(8-4-1)11-15-12-14-9-5-2-6-10-14;/h1-10H,11-12H2;/q-1;+1. The van der Waals surface area contributed by atoms with Gasteiger partial charge in [-0.1, -0.05) is 71.8 Å². The van der Waals surface area contributed by atoms with Gasteiger partial charge in [0.25, 0.3) is 0 Å². The molecule has 0 aromatic heterocycles. The van der Waals surface area contributed by atoms with Crippen molar-refractivity contribution in [1.29, 1.82) is 0 Å². The zero-order chi connectivity index (χ0) is 10.3. The van der Waals surface area contributed by atoms with Gasteiger partial charge in [-0.3, -0.25) is 0 Å². The molecule has 16 heavy (non-hydrogen) atoms. The molecule has 0 radical (unpaired) electrons. The predicted molar refractivity (Wildman–Crippen MR) is 67.2 cm³/mol. The van der Waals surface area contributed by atoms with E-state index in [4.69, 9.17) is 0 Å². The Bertz CT molecular complexity index is 346. The minimum Gasteiger partial charge on any atom is -0.530 e. The van der Waals surface area contributed by atoms with Crippen molar-refractivity contribution in [3.05, 3.63) is 71.8 Å². The first-order chi connectivity index (χ1) is 7.45. The molecule has 0 bridgehead atoms. The molecule has 2 rings (SSSR count). The van der Waals surface area contributed by atoms with E-state index in [2.05, 4.69) is 60.7 Å². The second-order valence-corrected chi connectivity index (χ2v) is 4.59. The van der Waals surface area contributed by atoms with Gasteiger partial charge in [-0.15, -0.1) is 0 Å². The topological polar surface area (TPSA) is 0 Å². The Kier molecular flexibility index (Phi) is 8.03. The van der Waals surface area contributed by atoms with Gasteiger partial charge in [-0.2, -0.15) is 12.3 Å². The molecule has 0 aliphatic carbocycles. The molecular weight excluding hydrogens is 285 g/mol. The molecular formula is C14H14PRb. The van der Waals surface area contributed by atoms with Crippen molar-refractivity contribution in [3.63, 3.8) is 0 Å². The zero-order valence-electron chi connectivity index (χ0n) is 9.63. The van der Waals surface area contributed by atoms with E-state index in [-0.39, 0.29) is 58.2 Å². The molecule has 0 atom stereocenters. The number of benzene rings is 2. The van der Waals surface area contributed by atoms with Gasteiger partial charge in [-0.05, 0) is 0 Å². The largest absolute Gasteiger partial charge is 1.00 e. The van der Waals surface area contributed by atoms with Gasteiger partial charge in [0.15, 0.2) is 0 Å². The number of hydrogen-bond acceptors (Lipinski definition) is 0. The summed E-state index contributed by atoms with van der Waals surface area (Å²) in [5, 5.41) is 0. The van der Waals surface area contributed by atoms with Crippen LogP contribution in [0, 0.1) is 0 Å². The van der Waals surface area contributed by atoms with E-state index in [0.29, 0.717) is 0 Å². The van der Waals surface area contributed by atoms with Gasteiger partial charge in [0.2, 0.25) is 0 Å². The van der Waals surface area contributed by atoms with Crippen LogP contribution in [0.5, 0.6) is 0 Å². The summed E-state index contributed by atoms with van der Waals surface area (Å²) in [4.78, 5) is 0. The van der Waals surface area contributed by atoms with Crippen molar-refractivity contribution in [2.45, 2.75) is 12.3 Å². The molecule has 2 aromatic rings. The summed E-state index contributed by atoms with van der Waals surface area (Å²) in [6, 6.07) is 21.3. The summed E-state index contributed by atoms with van der Waals surface area (Å²) in [5.41, 5.74) is 2.85.